The molecule has 1 heterocycles. The highest BCUT2D eigenvalue weighted by atomic mass is 15.3. The van der Waals surface area contributed by atoms with E-state index in [0.29, 0.717) is 18.0 Å². The standard InChI is InChI=1S/C17H32N4/c1-12(2)21-16(19-11-20-21)10-17(4,5)14-8-7-13(3)9-15(14)18-6/h11-15,18H,7-10H2,1-6H3. The Balaban J connectivity index is 2.15. The number of hydrogen-bond acceptors (Lipinski definition) is 3. The summed E-state index contributed by atoms with van der Waals surface area (Å²) in [5.74, 6) is 2.67. The lowest BCUT2D eigenvalue weighted by atomic mass is 9.65. The first-order valence-electron chi connectivity index (χ1n) is 8.40. The van der Waals surface area contributed by atoms with Gasteiger partial charge in [0.05, 0.1) is 0 Å². The second kappa shape index (κ2) is 6.47. The molecule has 1 aliphatic rings. The fourth-order valence-electron chi connectivity index (χ4n) is 4.01. The Morgan fingerprint density at radius 1 is 1.38 bits per heavy atom. The largest absolute Gasteiger partial charge is 0.317 e. The zero-order valence-corrected chi connectivity index (χ0v) is 14.6. The third-order valence-electron chi connectivity index (χ3n) is 5.24. The van der Waals surface area contributed by atoms with Gasteiger partial charge in [-0.1, -0.05) is 27.2 Å². The van der Waals surface area contributed by atoms with Crippen LogP contribution < -0.4 is 5.32 Å². The van der Waals surface area contributed by atoms with Crippen LogP contribution in [0.1, 0.15) is 65.7 Å². The Bertz CT molecular complexity index is 449. The fraction of sp³-hybridized carbons (Fsp3) is 0.882. The van der Waals surface area contributed by atoms with Crippen molar-refractivity contribution in [1.82, 2.24) is 20.1 Å². The number of hydrogen-bond donors (Lipinski definition) is 1. The summed E-state index contributed by atoms with van der Waals surface area (Å²) in [5, 5.41) is 7.95. The lowest BCUT2D eigenvalue weighted by Crippen LogP contribution is -2.46. The van der Waals surface area contributed by atoms with Gasteiger partial charge in [0.1, 0.15) is 12.2 Å². The molecule has 120 valence electrons. The summed E-state index contributed by atoms with van der Waals surface area (Å²) >= 11 is 0. The summed E-state index contributed by atoms with van der Waals surface area (Å²) < 4.78 is 2.07. The van der Waals surface area contributed by atoms with Crippen LogP contribution in [0.25, 0.3) is 0 Å². The van der Waals surface area contributed by atoms with Crippen molar-refractivity contribution in [2.24, 2.45) is 17.3 Å². The van der Waals surface area contributed by atoms with Gasteiger partial charge in [0.2, 0.25) is 0 Å². The SMILES string of the molecule is CNC1CC(C)CCC1C(C)(C)Cc1ncnn1C(C)C. The van der Waals surface area contributed by atoms with E-state index in [2.05, 4.69) is 61.7 Å². The first kappa shape index (κ1) is 16.5. The van der Waals surface area contributed by atoms with Crippen molar-refractivity contribution in [1.29, 1.82) is 0 Å². The van der Waals surface area contributed by atoms with Gasteiger partial charge >= 0.3 is 0 Å². The molecule has 0 amide bonds. The van der Waals surface area contributed by atoms with Crippen LogP contribution in [0.2, 0.25) is 0 Å². The van der Waals surface area contributed by atoms with Gasteiger partial charge in [0.15, 0.2) is 0 Å². The van der Waals surface area contributed by atoms with Gasteiger partial charge in [-0.2, -0.15) is 5.10 Å². The van der Waals surface area contributed by atoms with Crippen LogP contribution in [0, 0.1) is 17.3 Å². The van der Waals surface area contributed by atoms with Crippen molar-refractivity contribution in [3.05, 3.63) is 12.2 Å². The van der Waals surface area contributed by atoms with Crippen molar-refractivity contribution < 1.29 is 0 Å². The van der Waals surface area contributed by atoms with Crippen molar-refractivity contribution in [3.8, 4) is 0 Å². The van der Waals surface area contributed by atoms with Crippen LogP contribution >= 0.6 is 0 Å². The predicted octanol–water partition coefficient (Wildman–Crippen LogP) is 3.45. The lowest BCUT2D eigenvalue weighted by Gasteiger charge is -2.44. The summed E-state index contributed by atoms with van der Waals surface area (Å²) in [6.45, 7) is 11.5. The molecule has 2 rings (SSSR count). The van der Waals surface area contributed by atoms with Crippen LogP contribution in [-0.4, -0.2) is 27.9 Å². The van der Waals surface area contributed by atoms with Crippen LogP contribution in [-0.2, 0) is 6.42 Å². The molecule has 0 spiro atoms. The van der Waals surface area contributed by atoms with Gasteiger partial charge in [0.25, 0.3) is 0 Å². The zero-order chi connectivity index (χ0) is 15.6. The van der Waals surface area contributed by atoms with Crippen molar-refractivity contribution >= 4 is 0 Å². The molecular formula is C17H32N4. The average Bonchev–Trinajstić information content (AvgIpc) is 2.85. The minimum Gasteiger partial charge on any atom is -0.317 e. The minimum atomic E-state index is 0.244. The average molecular weight is 292 g/mol. The Morgan fingerprint density at radius 3 is 2.71 bits per heavy atom. The zero-order valence-electron chi connectivity index (χ0n) is 14.6. The third kappa shape index (κ3) is 3.65. The van der Waals surface area contributed by atoms with E-state index < -0.39 is 0 Å². The summed E-state index contributed by atoms with van der Waals surface area (Å²) in [4.78, 5) is 4.51. The van der Waals surface area contributed by atoms with E-state index in [1.165, 1.54) is 19.3 Å². The van der Waals surface area contributed by atoms with Crippen LogP contribution in [0.3, 0.4) is 0 Å². The Kier molecular flexibility index (Phi) is 5.07. The maximum absolute atomic E-state index is 4.51. The van der Waals surface area contributed by atoms with Crippen molar-refractivity contribution in [2.75, 3.05) is 7.05 Å². The highest BCUT2D eigenvalue weighted by Crippen LogP contribution is 2.42. The molecule has 1 saturated carbocycles. The molecule has 1 aliphatic carbocycles. The molecule has 1 aromatic rings. The van der Waals surface area contributed by atoms with Gasteiger partial charge in [0, 0.05) is 18.5 Å². The topological polar surface area (TPSA) is 42.7 Å². The summed E-state index contributed by atoms with van der Waals surface area (Å²) in [6, 6.07) is 1.00. The Morgan fingerprint density at radius 2 is 2.10 bits per heavy atom. The van der Waals surface area contributed by atoms with E-state index in [4.69, 9.17) is 0 Å². The quantitative estimate of drug-likeness (QED) is 0.904. The minimum absolute atomic E-state index is 0.244. The lowest BCUT2D eigenvalue weighted by molar-refractivity contribution is 0.0950. The normalized spacial score (nSPS) is 27.3. The number of nitrogens with one attached hydrogen (secondary N) is 1. The molecule has 3 atom stereocenters. The Labute approximate surface area is 129 Å². The first-order chi connectivity index (χ1) is 9.85. The van der Waals surface area contributed by atoms with Gasteiger partial charge in [-0.15, -0.1) is 0 Å². The maximum atomic E-state index is 4.51. The van der Waals surface area contributed by atoms with E-state index in [-0.39, 0.29) is 5.41 Å². The molecular weight excluding hydrogens is 260 g/mol. The van der Waals surface area contributed by atoms with E-state index >= 15 is 0 Å². The summed E-state index contributed by atoms with van der Waals surface area (Å²) in [7, 11) is 2.11. The second-order valence-electron chi connectivity index (χ2n) is 7.80. The Hall–Kier alpha value is -0.900. The first-order valence-corrected chi connectivity index (χ1v) is 8.40. The maximum Gasteiger partial charge on any atom is 0.138 e. The monoisotopic (exact) mass is 292 g/mol. The molecule has 0 radical (unpaired) electrons. The van der Waals surface area contributed by atoms with Gasteiger partial charge in [-0.25, -0.2) is 9.67 Å². The number of aromatic nitrogens is 3. The molecule has 0 aromatic carbocycles. The van der Waals surface area contributed by atoms with Crippen LogP contribution in [0.5, 0.6) is 0 Å². The summed E-state index contributed by atoms with van der Waals surface area (Å²) in [5.41, 5.74) is 0.244. The molecule has 4 heteroatoms. The highest BCUT2D eigenvalue weighted by Gasteiger charge is 2.39. The molecule has 1 fully saturated rings. The van der Waals surface area contributed by atoms with Gasteiger partial charge < -0.3 is 5.32 Å². The van der Waals surface area contributed by atoms with Crippen molar-refractivity contribution in [3.63, 3.8) is 0 Å². The number of nitrogens with zero attached hydrogens (tertiary/aromatic N) is 3. The molecule has 4 nitrogen and oxygen atoms in total. The molecule has 0 saturated heterocycles. The molecule has 1 N–H and O–H groups in total. The van der Waals surface area contributed by atoms with E-state index in [9.17, 15) is 0 Å². The van der Waals surface area contributed by atoms with Crippen LogP contribution in [0.4, 0.5) is 0 Å². The molecule has 3 unspecified atom stereocenters. The van der Waals surface area contributed by atoms with E-state index in [0.717, 1.165) is 18.2 Å². The predicted molar refractivity (Wildman–Crippen MR) is 87.2 cm³/mol. The van der Waals surface area contributed by atoms with E-state index in [1.807, 2.05) is 0 Å². The van der Waals surface area contributed by atoms with E-state index in [1.54, 1.807) is 6.33 Å². The molecule has 1 aromatic heterocycles. The second-order valence-corrected chi connectivity index (χ2v) is 7.80. The number of rotatable bonds is 5. The van der Waals surface area contributed by atoms with Crippen molar-refractivity contribution in [2.45, 2.75) is 72.4 Å². The molecule has 0 aliphatic heterocycles. The molecule has 0 bridgehead atoms. The van der Waals surface area contributed by atoms with Gasteiger partial charge in [-0.05, 0) is 51.0 Å². The smallest absolute Gasteiger partial charge is 0.138 e. The van der Waals surface area contributed by atoms with Gasteiger partial charge in [-0.3, -0.25) is 0 Å². The fourth-order valence-corrected chi connectivity index (χ4v) is 4.01. The third-order valence-corrected chi connectivity index (χ3v) is 5.24. The molecule has 21 heavy (non-hydrogen) atoms. The van der Waals surface area contributed by atoms with Crippen LogP contribution in [0.15, 0.2) is 6.33 Å². The highest BCUT2D eigenvalue weighted by molar-refractivity contribution is 4.98. The summed E-state index contributed by atoms with van der Waals surface area (Å²) in [6.07, 6.45) is 6.66.